The molecule has 1 amide bonds. The minimum Gasteiger partial charge on any atom is -0.426 e. The molecular weight excluding hydrogens is 355 g/mol. The van der Waals surface area contributed by atoms with E-state index in [0.717, 1.165) is 5.56 Å². The quantitative estimate of drug-likeness (QED) is 0.462. The van der Waals surface area contributed by atoms with Crippen molar-refractivity contribution in [2.75, 3.05) is 0 Å². The van der Waals surface area contributed by atoms with Crippen LogP contribution in [0.2, 0.25) is 0 Å². The lowest BCUT2D eigenvalue weighted by molar-refractivity contribution is 0.0935. The van der Waals surface area contributed by atoms with Crippen LogP contribution >= 0.6 is 0 Å². The molecular formula is C20H27BN4O3. The van der Waals surface area contributed by atoms with E-state index in [2.05, 4.69) is 27.2 Å². The molecule has 0 bridgehead atoms. The first kappa shape index (κ1) is 21.6. The number of nitrogens with zero attached hydrogens (tertiary/aromatic N) is 2. The van der Waals surface area contributed by atoms with Crippen molar-refractivity contribution < 1.29 is 14.8 Å². The summed E-state index contributed by atoms with van der Waals surface area (Å²) in [7, 11) is -1.53. The van der Waals surface area contributed by atoms with Crippen LogP contribution in [0.15, 0.2) is 61.2 Å². The highest BCUT2D eigenvalue weighted by molar-refractivity contribution is 6.43. The molecule has 4 N–H and O–H groups in total. The second kappa shape index (κ2) is 10.6. The zero-order chi connectivity index (χ0) is 20.5. The van der Waals surface area contributed by atoms with Gasteiger partial charge in [0.2, 0.25) is 0 Å². The summed E-state index contributed by atoms with van der Waals surface area (Å²) < 4.78 is 0. The molecule has 148 valence electrons. The highest BCUT2D eigenvalue weighted by Crippen LogP contribution is 2.12. The number of rotatable bonds is 10. The lowest BCUT2D eigenvalue weighted by Gasteiger charge is -2.27. The summed E-state index contributed by atoms with van der Waals surface area (Å²) in [5.41, 5.74) is 1.72. The summed E-state index contributed by atoms with van der Waals surface area (Å²) in [5, 5.41) is 25.4. The fraction of sp³-hybridized carbons (Fsp3) is 0.350. The Morgan fingerprint density at radius 1 is 1.18 bits per heavy atom. The van der Waals surface area contributed by atoms with E-state index in [9.17, 15) is 14.8 Å². The molecule has 28 heavy (non-hydrogen) atoms. The second-order valence-electron chi connectivity index (χ2n) is 7.13. The van der Waals surface area contributed by atoms with E-state index >= 15 is 0 Å². The van der Waals surface area contributed by atoms with Gasteiger partial charge in [-0.2, -0.15) is 0 Å². The van der Waals surface area contributed by atoms with E-state index in [0.29, 0.717) is 18.5 Å². The number of amides is 1. The Morgan fingerprint density at radius 2 is 1.89 bits per heavy atom. The molecule has 2 rings (SSSR count). The second-order valence-corrected chi connectivity index (χ2v) is 7.13. The molecule has 1 aromatic carbocycles. The first-order chi connectivity index (χ1) is 13.4. The van der Waals surface area contributed by atoms with Gasteiger partial charge in [0.1, 0.15) is 5.69 Å². The van der Waals surface area contributed by atoms with Crippen molar-refractivity contribution in [1.82, 2.24) is 20.6 Å². The van der Waals surface area contributed by atoms with Crippen LogP contribution in [-0.4, -0.2) is 45.0 Å². The van der Waals surface area contributed by atoms with Gasteiger partial charge in [-0.3, -0.25) is 9.78 Å². The first-order valence-electron chi connectivity index (χ1n) is 9.29. The number of nitrogens with one attached hydrogen (secondary N) is 2. The summed E-state index contributed by atoms with van der Waals surface area (Å²) in [5.74, 6) is -0.699. The number of hydrogen-bond donors (Lipinski definition) is 4. The van der Waals surface area contributed by atoms with E-state index in [1.807, 2.05) is 44.2 Å². The minimum absolute atomic E-state index is 0.203. The van der Waals surface area contributed by atoms with Crippen LogP contribution in [0.4, 0.5) is 0 Å². The number of carbonyl (C=O) groups is 1. The molecule has 0 spiro atoms. The van der Waals surface area contributed by atoms with Crippen LogP contribution < -0.4 is 10.6 Å². The average molecular weight is 382 g/mol. The molecule has 0 saturated heterocycles. The van der Waals surface area contributed by atoms with Crippen molar-refractivity contribution >= 4 is 13.0 Å². The monoisotopic (exact) mass is 382 g/mol. The predicted octanol–water partition coefficient (Wildman–Crippen LogP) is 1.35. The third-order valence-corrected chi connectivity index (χ3v) is 4.26. The van der Waals surface area contributed by atoms with Crippen LogP contribution in [0, 0.1) is 5.92 Å². The van der Waals surface area contributed by atoms with Crippen molar-refractivity contribution in [1.29, 1.82) is 0 Å². The van der Waals surface area contributed by atoms with Gasteiger partial charge in [0, 0.05) is 18.1 Å². The Hall–Kier alpha value is -2.71. The summed E-state index contributed by atoms with van der Waals surface area (Å²) in [6, 6.07) is 9.22. The van der Waals surface area contributed by atoms with Crippen LogP contribution in [0.5, 0.6) is 0 Å². The Morgan fingerprint density at radius 3 is 2.46 bits per heavy atom. The Kier molecular flexibility index (Phi) is 8.16. The summed E-state index contributed by atoms with van der Waals surface area (Å²) in [4.78, 5) is 20.5. The maximum atomic E-state index is 12.6. The lowest BCUT2D eigenvalue weighted by atomic mass is 9.74. The molecule has 1 heterocycles. The van der Waals surface area contributed by atoms with Crippen molar-refractivity contribution in [2.45, 2.75) is 38.7 Å². The molecule has 8 heteroatoms. The largest absolute Gasteiger partial charge is 0.475 e. The zero-order valence-corrected chi connectivity index (χ0v) is 16.2. The highest BCUT2D eigenvalue weighted by atomic mass is 16.4. The van der Waals surface area contributed by atoms with Gasteiger partial charge in [-0.25, -0.2) is 4.98 Å². The van der Waals surface area contributed by atoms with Crippen LogP contribution in [0.1, 0.15) is 36.3 Å². The van der Waals surface area contributed by atoms with Crippen molar-refractivity contribution in [3.63, 3.8) is 0 Å². The third-order valence-electron chi connectivity index (χ3n) is 4.26. The van der Waals surface area contributed by atoms with Crippen LogP contribution in [0.3, 0.4) is 0 Å². The first-order valence-corrected chi connectivity index (χ1v) is 9.29. The van der Waals surface area contributed by atoms with Gasteiger partial charge in [0.25, 0.3) is 5.91 Å². The molecule has 0 aliphatic carbocycles. The van der Waals surface area contributed by atoms with Crippen LogP contribution in [-0.2, 0) is 6.42 Å². The Balaban J connectivity index is 2.16. The number of aromatic nitrogens is 2. The predicted molar refractivity (Wildman–Crippen MR) is 109 cm³/mol. The normalized spacial score (nSPS) is 12.9. The Labute approximate surface area is 166 Å². The molecule has 0 unspecified atom stereocenters. The van der Waals surface area contributed by atoms with Gasteiger partial charge >= 0.3 is 7.12 Å². The molecule has 2 aromatic rings. The molecule has 0 saturated carbocycles. The molecule has 7 nitrogen and oxygen atoms in total. The number of benzene rings is 1. The maximum absolute atomic E-state index is 12.6. The fourth-order valence-corrected chi connectivity index (χ4v) is 2.86. The molecule has 1 aromatic heterocycles. The standard InChI is InChI=1S/C20H27BN4O3/c1-14(2)11-19(21(27)28)24-15(3)17(12-16-7-5-4-6-8-16)25-20(26)18-13-22-9-10-23-18/h4-10,13-14,17,19,24,27-28H,3,11-12H2,1-2H3,(H,25,26)/t17-,19-/m0/s1. The third kappa shape index (κ3) is 6.79. The number of carbonyl (C=O) groups excluding carboxylic acids is 1. The molecule has 0 radical (unpaired) electrons. The van der Waals surface area contributed by atoms with Gasteiger partial charge in [0.15, 0.2) is 0 Å². The van der Waals surface area contributed by atoms with Gasteiger partial charge in [-0.1, -0.05) is 50.8 Å². The molecule has 2 atom stereocenters. The maximum Gasteiger partial charge on any atom is 0.475 e. The van der Waals surface area contributed by atoms with E-state index in [1.165, 1.54) is 18.6 Å². The van der Waals surface area contributed by atoms with E-state index in [1.54, 1.807) is 0 Å². The minimum atomic E-state index is -1.53. The highest BCUT2D eigenvalue weighted by Gasteiger charge is 2.27. The van der Waals surface area contributed by atoms with E-state index < -0.39 is 19.1 Å². The van der Waals surface area contributed by atoms with Gasteiger partial charge in [-0.15, -0.1) is 0 Å². The molecule has 0 aliphatic rings. The summed E-state index contributed by atoms with van der Waals surface area (Å²) in [6.07, 6.45) is 5.39. The lowest BCUT2D eigenvalue weighted by Crippen LogP contribution is -2.49. The zero-order valence-electron chi connectivity index (χ0n) is 16.2. The SMILES string of the molecule is C=C(N[C@@H](CC(C)C)B(O)O)[C@H](Cc1ccccc1)NC(=O)c1cnccn1. The summed E-state index contributed by atoms with van der Waals surface area (Å²) >= 11 is 0. The van der Waals surface area contributed by atoms with Crippen molar-refractivity contribution in [2.24, 2.45) is 5.92 Å². The molecule has 0 aliphatic heterocycles. The van der Waals surface area contributed by atoms with Gasteiger partial charge in [-0.05, 0) is 24.3 Å². The Bertz CT molecular complexity index is 757. The topological polar surface area (TPSA) is 107 Å². The van der Waals surface area contributed by atoms with Crippen LogP contribution in [0.25, 0.3) is 0 Å². The van der Waals surface area contributed by atoms with Gasteiger partial charge < -0.3 is 20.7 Å². The number of hydrogen-bond acceptors (Lipinski definition) is 6. The average Bonchev–Trinajstić information content (AvgIpc) is 2.68. The smallest absolute Gasteiger partial charge is 0.426 e. The van der Waals surface area contributed by atoms with Crippen molar-refractivity contribution in [3.05, 3.63) is 72.5 Å². The summed E-state index contributed by atoms with van der Waals surface area (Å²) in [6.45, 7) is 8.04. The van der Waals surface area contributed by atoms with Gasteiger partial charge in [0.05, 0.1) is 18.2 Å². The van der Waals surface area contributed by atoms with E-state index in [4.69, 9.17) is 0 Å². The van der Waals surface area contributed by atoms with E-state index in [-0.39, 0.29) is 17.5 Å². The molecule has 0 fully saturated rings. The van der Waals surface area contributed by atoms with Crippen molar-refractivity contribution in [3.8, 4) is 0 Å². The fourth-order valence-electron chi connectivity index (χ4n) is 2.86.